The molecule has 2 heterocycles. The molecule has 4 N–H and O–H groups in total. The SMILES string of the molecule is NCCCn1cc(N2C(c3cccc(Br)c3)=NNC2O)c2cc(F)ccc21. The van der Waals surface area contributed by atoms with Crippen LogP contribution in [0.4, 0.5) is 10.1 Å². The Hall–Kier alpha value is -2.42. The Balaban J connectivity index is 1.84. The van der Waals surface area contributed by atoms with Crippen molar-refractivity contribution in [1.82, 2.24) is 9.99 Å². The van der Waals surface area contributed by atoms with Gasteiger partial charge in [0, 0.05) is 28.2 Å². The quantitative estimate of drug-likeness (QED) is 0.580. The highest BCUT2D eigenvalue weighted by molar-refractivity contribution is 9.10. The summed E-state index contributed by atoms with van der Waals surface area (Å²) in [6.45, 7) is 1.27. The smallest absolute Gasteiger partial charge is 0.226 e. The molecule has 4 rings (SSSR count). The number of fused-ring (bicyclic) bond motifs is 1. The number of hydrogen-bond donors (Lipinski definition) is 3. The fourth-order valence-corrected chi connectivity index (χ4v) is 3.71. The van der Waals surface area contributed by atoms with Crippen molar-refractivity contribution in [2.45, 2.75) is 19.3 Å². The minimum atomic E-state index is -1.05. The number of rotatable bonds is 5. The summed E-state index contributed by atoms with van der Waals surface area (Å²) in [5.74, 6) is 0.230. The summed E-state index contributed by atoms with van der Waals surface area (Å²) in [5.41, 5.74) is 10.7. The van der Waals surface area contributed by atoms with Crippen LogP contribution in [0.3, 0.4) is 0 Å². The number of benzene rings is 2. The van der Waals surface area contributed by atoms with Gasteiger partial charge in [0.2, 0.25) is 6.35 Å². The van der Waals surface area contributed by atoms with Crippen LogP contribution >= 0.6 is 15.9 Å². The van der Waals surface area contributed by atoms with E-state index in [1.807, 2.05) is 35.0 Å². The Morgan fingerprint density at radius 3 is 2.89 bits per heavy atom. The summed E-state index contributed by atoms with van der Waals surface area (Å²) >= 11 is 3.46. The highest BCUT2D eigenvalue weighted by Crippen LogP contribution is 2.33. The Kier molecular flexibility index (Phi) is 4.86. The maximum absolute atomic E-state index is 14.0. The molecule has 2 aromatic carbocycles. The van der Waals surface area contributed by atoms with Gasteiger partial charge < -0.3 is 15.4 Å². The van der Waals surface area contributed by atoms with E-state index in [-0.39, 0.29) is 5.82 Å². The minimum absolute atomic E-state index is 0.331. The van der Waals surface area contributed by atoms with Crippen molar-refractivity contribution in [2.75, 3.05) is 11.4 Å². The van der Waals surface area contributed by atoms with Gasteiger partial charge in [-0.05, 0) is 43.3 Å². The highest BCUT2D eigenvalue weighted by Gasteiger charge is 2.31. The Morgan fingerprint density at radius 2 is 2.11 bits per heavy atom. The lowest BCUT2D eigenvalue weighted by molar-refractivity contribution is 0.159. The molecule has 8 heteroatoms. The highest BCUT2D eigenvalue weighted by atomic mass is 79.9. The van der Waals surface area contributed by atoms with Gasteiger partial charge in [0.1, 0.15) is 5.82 Å². The molecule has 0 bridgehead atoms. The molecule has 1 aliphatic rings. The van der Waals surface area contributed by atoms with Crippen LogP contribution < -0.4 is 16.1 Å². The Morgan fingerprint density at radius 1 is 1.26 bits per heavy atom. The van der Waals surface area contributed by atoms with Gasteiger partial charge in [-0.2, -0.15) is 5.10 Å². The van der Waals surface area contributed by atoms with Gasteiger partial charge in [-0.1, -0.05) is 28.1 Å². The second-order valence-electron chi connectivity index (χ2n) is 6.33. The number of hydrazone groups is 1. The van der Waals surface area contributed by atoms with Crippen LogP contribution in [-0.2, 0) is 6.54 Å². The van der Waals surface area contributed by atoms with Gasteiger partial charge in [0.15, 0.2) is 5.84 Å². The van der Waals surface area contributed by atoms with Crippen LogP contribution in [0.1, 0.15) is 12.0 Å². The number of halogens is 2. The minimum Gasteiger partial charge on any atom is -0.355 e. The molecule has 0 spiro atoms. The normalized spacial score (nSPS) is 16.7. The Bertz CT molecular complexity index is 1020. The molecule has 0 aliphatic carbocycles. The van der Waals surface area contributed by atoms with Crippen LogP contribution in [-0.4, -0.2) is 28.4 Å². The van der Waals surface area contributed by atoms with E-state index in [0.29, 0.717) is 30.0 Å². The number of aryl methyl sites for hydroxylation is 1. The number of nitrogens with zero attached hydrogens (tertiary/aromatic N) is 3. The standard InChI is InChI=1S/C19H19BrFN5O/c20-13-4-1-3-12(9-13)18-23-24-19(27)26(18)17-11-25(8-2-7-22)16-6-5-14(21)10-15(16)17/h1,3-6,9-11,19,24,27H,2,7-8,22H2. The summed E-state index contributed by atoms with van der Waals surface area (Å²) < 4.78 is 16.9. The summed E-state index contributed by atoms with van der Waals surface area (Å²) in [6.07, 6.45) is 1.66. The van der Waals surface area contributed by atoms with E-state index < -0.39 is 6.35 Å². The molecule has 1 aliphatic heterocycles. The van der Waals surface area contributed by atoms with Crippen LogP contribution in [0.15, 0.2) is 58.2 Å². The van der Waals surface area contributed by atoms with E-state index in [1.165, 1.54) is 12.1 Å². The average Bonchev–Trinajstić information content (AvgIpc) is 3.20. The maximum Gasteiger partial charge on any atom is 0.226 e. The van der Waals surface area contributed by atoms with E-state index in [0.717, 1.165) is 22.0 Å². The van der Waals surface area contributed by atoms with E-state index in [1.54, 1.807) is 11.0 Å². The van der Waals surface area contributed by atoms with Crippen molar-refractivity contribution < 1.29 is 9.50 Å². The van der Waals surface area contributed by atoms with Crippen molar-refractivity contribution in [3.05, 3.63) is 64.5 Å². The van der Waals surface area contributed by atoms with Gasteiger partial charge in [-0.15, -0.1) is 0 Å². The second-order valence-corrected chi connectivity index (χ2v) is 7.25. The summed E-state index contributed by atoms with van der Waals surface area (Å²) in [7, 11) is 0. The lowest BCUT2D eigenvalue weighted by atomic mass is 10.1. The van der Waals surface area contributed by atoms with Crippen molar-refractivity contribution in [1.29, 1.82) is 0 Å². The fourth-order valence-electron chi connectivity index (χ4n) is 3.31. The average molecular weight is 432 g/mol. The number of hydrogen-bond acceptors (Lipinski definition) is 5. The molecule has 3 aromatic rings. The molecular formula is C19H19BrFN5O. The predicted octanol–water partition coefficient (Wildman–Crippen LogP) is 2.94. The molecule has 6 nitrogen and oxygen atoms in total. The monoisotopic (exact) mass is 431 g/mol. The maximum atomic E-state index is 14.0. The zero-order chi connectivity index (χ0) is 19.0. The first-order valence-corrected chi connectivity index (χ1v) is 9.42. The fraction of sp³-hybridized carbons (Fsp3) is 0.211. The van der Waals surface area contributed by atoms with Gasteiger partial charge in [0.05, 0.1) is 11.2 Å². The molecule has 1 aromatic heterocycles. The number of nitrogens with two attached hydrogens (primary N) is 1. The molecule has 1 atom stereocenters. The van der Waals surface area contributed by atoms with Crippen LogP contribution in [0.5, 0.6) is 0 Å². The summed E-state index contributed by atoms with van der Waals surface area (Å²) in [6, 6.07) is 12.3. The number of aliphatic hydroxyl groups is 1. The first-order valence-electron chi connectivity index (χ1n) is 8.63. The van der Waals surface area contributed by atoms with Crippen molar-refractivity contribution >= 4 is 38.4 Å². The molecular weight excluding hydrogens is 413 g/mol. The van der Waals surface area contributed by atoms with Gasteiger partial charge in [-0.3, -0.25) is 10.3 Å². The first kappa shape index (κ1) is 18.0. The third kappa shape index (κ3) is 3.31. The third-order valence-electron chi connectivity index (χ3n) is 4.53. The Labute approximate surface area is 164 Å². The van der Waals surface area contributed by atoms with E-state index >= 15 is 0 Å². The van der Waals surface area contributed by atoms with Gasteiger partial charge in [-0.25, -0.2) is 4.39 Å². The van der Waals surface area contributed by atoms with Crippen LogP contribution in [0.25, 0.3) is 10.9 Å². The number of aromatic nitrogens is 1. The molecule has 1 unspecified atom stereocenters. The zero-order valence-electron chi connectivity index (χ0n) is 14.4. The van der Waals surface area contributed by atoms with Crippen molar-refractivity contribution in [2.24, 2.45) is 10.8 Å². The van der Waals surface area contributed by atoms with E-state index in [2.05, 4.69) is 26.5 Å². The lowest BCUT2D eigenvalue weighted by Crippen LogP contribution is -2.40. The molecule has 140 valence electrons. The van der Waals surface area contributed by atoms with E-state index in [4.69, 9.17) is 5.73 Å². The largest absolute Gasteiger partial charge is 0.355 e. The number of amidine groups is 1. The molecule has 0 saturated carbocycles. The predicted molar refractivity (Wildman–Crippen MR) is 108 cm³/mol. The molecule has 0 fully saturated rings. The van der Waals surface area contributed by atoms with Crippen LogP contribution in [0.2, 0.25) is 0 Å². The van der Waals surface area contributed by atoms with E-state index in [9.17, 15) is 9.50 Å². The molecule has 0 saturated heterocycles. The van der Waals surface area contributed by atoms with Crippen molar-refractivity contribution in [3.8, 4) is 0 Å². The topological polar surface area (TPSA) is 78.8 Å². The zero-order valence-corrected chi connectivity index (χ0v) is 16.0. The summed E-state index contributed by atoms with van der Waals surface area (Å²) in [5, 5.41) is 15.5. The summed E-state index contributed by atoms with van der Waals surface area (Å²) in [4.78, 5) is 1.67. The van der Waals surface area contributed by atoms with Gasteiger partial charge in [0.25, 0.3) is 0 Å². The lowest BCUT2D eigenvalue weighted by Gasteiger charge is -2.22. The molecule has 0 radical (unpaired) electrons. The second kappa shape index (κ2) is 7.30. The number of nitrogens with one attached hydrogen (secondary N) is 1. The first-order chi connectivity index (χ1) is 13.1. The molecule has 27 heavy (non-hydrogen) atoms. The van der Waals surface area contributed by atoms with Crippen LogP contribution in [0, 0.1) is 5.82 Å². The number of aliphatic hydroxyl groups excluding tert-OH is 1. The van der Waals surface area contributed by atoms with Gasteiger partial charge >= 0.3 is 0 Å². The molecule has 0 amide bonds. The number of anilines is 1. The van der Waals surface area contributed by atoms with Crippen molar-refractivity contribution in [3.63, 3.8) is 0 Å². The third-order valence-corrected chi connectivity index (χ3v) is 5.02.